The molecule has 0 heterocycles. The zero-order valence-corrected chi connectivity index (χ0v) is 16.4. The molecule has 0 aromatic heterocycles. The van der Waals surface area contributed by atoms with Gasteiger partial charge in [0.15, 0.2) is 0 Å². The van der Waals surface area contributed by atoms with E-state index in [2.05, 4.69) is 9.47 Å². The van der Waals surface area contributed by atoms with Crippen LogP contribution in [0.3, 0.4) is 0 Å². The Morgan fingerprint density at radius 1 is 0.719 bits per heavy atom. The van der Waals surface area contributed by atoms with E-state index in [0.717, 1.165) is 0 Å². The summed E-state index contributed by atoms with van der Waals surface area (Å²) in [6, 6.07) is 0. The van der Waals surface area contributed by atoms with Crippen molar-refractivity contribution in [3.05, 3.63) is 11.6 Å². The van der Waals surface area contributed by atoms with Crippen LogP contribution in [-0.2, 0) is 19.1 Å². The molecule has 0 aliphatic rings. The van der Waals surface area contributed by atoms with Gasteiger partial charge in [0.2, 0.25) is 0 Å². The Labute approximate surface area is 173 Å². The smallest absolute Gasteiger partial charge is 0.410 e. The van der Waals surface area contributed by atoms with E-state index in [1.807, 2.05) is 0 Å². The number of allylic oxidation sites excluding steroid dienone is 1. The number of ether oxygens (including phenoxy) is 2. The second-order valence-corrected chi connectivity index (χ2v) is 5.81. The molecule has 0 saturated carbocycles. The molecule has 32 heavy (non-hydrogen) atoms. The topological polar surface area (TPSA) is 52.6 Å². The van der Waals surface area contributed by atoms with Crippen LogP contribution >= 0.6 is 0 Å². The van der Waals surface area contributed by atoms with Crippen LogP contribution in [-0.4, -0.2) is 49.9 Å². The molecule has 0 spiro atoms. The minimum atomic E-state index is -4.99. The average Bonchev–Trinajstić information content (AvgIpc) is 2.49. The Hall–Kier alpha value is -2.16. The summed E-state index contributed by atoms with van der Waals surface area (Å²) in [4.78, 5) is 21.7. The van der Waals surface area contributed by atoms with Gasteiger partial charge < -0.3 is 9.47 Å². The number of hydrogen-bond acceptors (Lipinski definition) is 4. The van der Waals surface area contributed by atoms with Crippen LogP contribution in [0.15, 0.2) is 11.6 Å². The van der Waals surface area contributed by atoms with E-state index >= 15 is 0 Å². The largest absolute Gasteiger partial charge is 0.466 e. The molecule has 0 bridgehead atoms. The molecule has 16 heteroatoms. The van der Waals surface area contributed by atoms with Crippen LogP contribution < -0.4 is 0 Å². The van der Waals surface area contributed by atoms with E-state index in [1.165, 1.54) is 13.8 Å². The van der Waals surface area contributed by atoms with Crippen LogP contribution in [0.5, 0.6) is 0 Å². The average molecular weight is 502 g/mol. The van der Waals surface area contributed by atoms with Gasteiger partial charge in [0.05, 0.1) is 44.0 Å². The number of halogens is 12. The first-order valence-corrected chi connectivity index (χ1v) is 8.42. The molecule has 0 fully saturated rings. The summed E-state index contributed by atoms with van der Waals surface area (Å²) >= 11 is 0. The van der Waals surface area contributed by atoms with Crippen molar-refractivity contribution in [1.82, 2.24) is 0 Å². The summed E-state index contributed by atoms with van der Waals surface area (Å²) in [5.74, 6) is -5.31. The highest BCUT2D eigenvalue weighted by Crippen LogP contribution is 2.33. The lowest BCUT2D eigenvalue weighted by molar-refractivity contribution is -0.188. The lowest BCUT2D eigenvalue weighted by atomic mass is 10.0. The Kier molecular flexibility index (Phi) is 12.8. The molecule has 190 valence electrons. The maximum absolute atomic E-state index is 11.9. The lowest BCUT2D eigenvalue weighted by Gasteiger charge is -2.18. The quantitative estimate of drug-likeness (QED) is 0.241. The van der Waals surface area contributed by atoms with E-state index in [9.17, 15) is 62.3 Å². The fraction of sp³-hybridized carbons (Fsp3) is 0.750. The van der Waals surface area contributed by atoms with Gasteiger partial charge in [0.1, 0.15) is 0 Å². The molecule has 0 saturated heterocycles. The van der Waals surface area contributed by atoms with Crippen LogP contribution in [0.2, 0.25) is 0 Å². The molecule has 0 aromatic rings. The predicted octanol–water partition coefficient (Wildman–Crippen LogP) is 6.06. The minimum absolute atomic E-state index is 0.259. The van der Waals surface area contributed by atoms with Gasteiger partial charge in [0, 0.05) is 6.08 Å². The third-order valence-corrected chi connectivity index (χ3v) is 2.84. The number of carbonyl (C=O) groups is 2. The summed E-state index contributed by atoms with van der Waals surface area (Å²) in [6.07, 6.45) is -25.9. The number of alkyl halides is 12. The van der Waals surface area contributed by atoms with Gasteiger partial charge in [-0.05, 0) is 13.8 Å². The summed E-state index contributed by atoms with van der Waals surface area (Å²) in [5.41, 5.74) is -1.46. The monoisotopic (exact) mass is 502 g/mol. The zero-order chi connectivity index (χ0) is 26.0. The summed E-state index contributed by atoms with van der Waals surface area (Å²) in [5, 5.41) is 0. The van der Waals surface area contributed by atoms with Gasteiger partial charge in [-0.25, -0.2) is 4.79 Å². The molecule has 0 aliphatic carbocycles. The van der Waals surface area contributed by atoms with Crippen molar-refractivity contribution in [3.8, 4) is 0 Å². The maximum atomic E-state index is 11.9. The zero-order valence-electron chi connectivity index (χ0n) is 16.4. The highest BCUT2D eigenvalue weighted by Gasteiger charge is 2.42. The van der Waals surface area contributed by atoms with Gasteiger partial charge in [-0.2, -0.15) is 52.7 Å². The second-order valence-electron chi connectivity index (χ2n) is 5.81. The fourth-order valence-corrected chi connectivity index (χ4v) is 1.88. The molecule has 0 aromatic carbocycles. The normalized spacial score (nSPS) is 13.4. The number of hydrogen-bond donors (Lipinski definition) is 0. The van der Waals surface area contributed by atoms with E-state index in [-0.39, 0.29) is 13.2 Å². The molecule has 4 nitrogen and oxygen atoms in total. The van der Waals surface area contributed by atoms with Crippen molar-refractivity contribution in [2.45, 2.75) is 57.8 Å². The molecule has 0 radical (unpaired) electrons. The van der Waals surface area contributed by atoms with Crippen LogP contribution in [0.25, 0.3) is 0 Å². The highest BCUT2D eigenvalue weighted by atomic mass is 19.4. The van der Waals surface area contributed by atoms with E-state index < -0.39 is 73.5 Å². The first-order valence-electron chi connectivity index (χ1n) is 8.42. The predicted molar refractivity (Wildman–Crippen MR) is 82.9 cm³/mol. The molecule has 0 unspecified atom stereocenters. The SMILES string of the molecule is CCOC(=O)C(=CC(F)(F)F)CC(F)(F)F.CCOC(=O)C(CC(F)(F)F)CC(F)(F)F. The van der Waals surface area contributed by atoms with Crippen LogP contribution in [0, 0.1) is 5.92 Å². The fourth-order valence-electron chi connectivity index (χ4n) is 1.88. The van der Waals surface area contributed by atoms with Gasteiger partial charge in [-0.15, -0.1) is 0 Å². The number of carbonyl (C=O) groups excluding carboxylic acids is 2. The first kappa shape index (κ1) is 32.0. The molecule has 0 aliphatic heterocycles. The van der Waals surface area contributed by atoms with Gasteiger partial charge in [-0.3, -0.25) is 4.79 Å². The Balaban J connectivity index is 0. The maximum Gasteiger partial charge on any atom is 0.410 e. The summed E-state index contributed by atoms with van der Waals surface area (Å²) < 4.78 is 151. The Morgan fingerprint density at radius 2 is 1.12 bits per heavy atom. The second kappa shape index (κ2) is 12.8. The Morgan fingerprint density at radius 3 is 1.41 bits per heavy atom. The summed E-state index contributed by atoms with van der Waals surface area (Å²) in [6.45, 7) is 2.02. The molecule has 0 N–H and O–H groups in total. The first-order chi connectivity index (χ1) is 14.1. The Bertz CT molecular complexity index is 598. The van der Waals surface area contributed by atoms with Gasteiger partial charge in [0.25, 0.3) is 0 Å². The number of esters is 2. The molecule has 0 rings (SSSR count). The molecule has 0 amide bonds. The lowest BCUT2D eigenvalue weighted by Crippen LogP contribution is -2.29. The number of rotatable bonds is 7. The van der Waals surface area contributed by atoms with Gasteiger partial charge >= 0.3 is 36.6 Å². The van der Waals surface area contributed by atoms with Crippen LogP contribution in [0.4, 0.5) is 52.7 Å². The van der Waals surface area contributed by atoms with Crippen molar-refractivity contribution in [2.24, 2.45) is 5.92 Å². The molecular weight excluding hydrogens is 484 g/mol. The van der Waals surface area contributed by atoms with Crippen molar-refractivity contribution in [3.63, 3.8) is 0 Å². The van der Waals surface area contributed by atoms with Crippen molar-refractivity contribution < 1.29 is 71.7 Å². The van der Waals surface area contributed by atoms with Crippen LogP contribution in [0.1, 0.15) is 33.1 Å². The van der Waals surface area contributed by atoms with Crippen molar-refractivity contribution in [1.29, 1.82) is 0 Å². The van der Waals surface area contributed by atoms with E-state index in [0.29, 0.717) is 0 Å². The van der Waals surface area contributed by atoms with Crippen molar-refractivity contribution in [2.75, 3.05) is 13.2 Å². The van der Waals surface area contributed by atoms with E-state index in [1.54, 1.807) is 0 Å². The van der Waals surface area contributed by atoms with Crippen molar-refractivity contribution >= 4 is 11.9 Å². The third-order valence-electron chi connectivity index (χ3n) is 2.84. The minimum Gasteiger partial charge on any atom is -0.466 e. The molecule has 0 atom stereocenters. The third kappa shape index (κ3) is 19.8. The summed E-state index contributed by atoms with van der Waals surface area (Å²) in [7, 11) is 0. The highest BCUT2D eigenvalue weighted by molar-refractivity contribution is 5.88. The van der Waals surface area contributed by atoms with E-state index in [4.69, 9.17) is 0 Å². The standard InChI is InChI=1S/C8H10F6O2.C8H8F6O2/c2*1-2-16-6(15)5(3-7(9,10)11)4-8(12,13)14/h5H,2-4H2,1H3;3H,2,4H2,1H3. The van der Waals surface area contributed by atoms with Gasteiger partial charge in [-0.1, -0.05) is 0 Å². The molecular formula is C16H18F12O4.